The number of nitrogens with one attached hydrogen (secondary N) is 1. The van der Waals surface area contributed by atoms with Crippen molar-refractivity contribution < 1.29 is 4.79 Å². The van der Waals surface area contributed by atoms with Gasteiger partial charge in [0.05, 0.1) is 0 Å². The van der Waals surface area contributed by atoms with Gasteiger partial charge in [0.2, 0.25) is 5.91 Å². The Morgan fingerprint density at radius 3 is 2.70 bits per heavy atom. The molecule has 0 aliphatic carbocycles. The van der Waals surface area contributed by atoms with E-state index in [9.17, 15) is 4.79 Å². The number of halogens is 1. The number of rotatable bonds is 5. The van der Waals surface area contributed by atoms with Crippen LogP contribution in [0.4, 0.5) is 0 Å². The van der Waals surface area contributed by atoms with E-state index < -0.39 is 5.91 Å². The quantitative estimate of drug-likeness (QED) is 0.887. The molecule has 0 aliphatic rings. The first kappa shape index (κ1) is 14.6. The van der Waals surface area contributed by atoms with Crippen LogP contribution >= 0.6 is 11.6 Å². The highest BCUT2D eigenvalue weighted by Gasteiger charge is 2.06. The van der Waals surface area contributed by atoms with E-state index in [0.717, 1.165) is 16.1 Å². The Hall–Kier alpha value is -1.84. The number of amides is 1. The lowest BCUT2D eigenvalue weighted by Crippen LogP contribution is -2.18. The molecule has 0 spiro atoms. The molecule has 0 unspecified atom stereocenters. The van der Waals surface area contributed by atoms with Crippen molar-refractivity contribution in [3.05, 3.63) is 70.2 Å². The Balaban J connectivity index is 2.01. The zero-order valence-corrected chi connectivity index (χ0v) is 12.0. The molecule has 0 saturated carbocycles. The molecule has 0 heterocycles. The Bertz CT molecular complexity index is 613. The molecule has 0 aliphatic heterocycles. The van der Waals surface area contributed by atoms with Crippen molar-refractivity contribution in [3.63, 3.8) is 0 Å². The molecule has 0 bridgehead atoms. The monoisotopic (exact) mass is 288 g/mol. The summed E-state index contributed by atoms with van der Waals surface area (Å²) in [7, 11) is 0. The third kappa shape index (κ3) is 3.83. The summed E-state index contributed by atoms with van der Waals surface area (Å²) in [5.41, 5.74) is 7.95. The van der Waals surface area contributed by atoms with Crippen LogP contribution in [0.25, 0.3) is 0 Å². The van der Waals surface area contributed by atoms with E-state index in [1.807, 2.05) is 36.4 Å². The topological polar surface area (TPSA) is 55.1 Å². The van der Waals surface area contributed by atoms with E-state index in [2.05, 4.69) is 12.2 Å². The number of nitrogens with two attached hydrogens (primary N) is 1. The van der Waals surface area contributed by atoms with Crippen LogP contribution in [-0.4, -0.2) is 5.91 Å². The largest absolute Gasteiger partial charge is 0.366 e. The van der Waals surface area contributed by atoms with Gasteiger partial charge in [-0.1, -0.05) is 35.9 Å². The van der Waals surface area contributed by atoms with Crippen molar-refractivity contribution >= 4 is 17.5 Å². The molecule has 3 N–H and O–H groups in total. The number of hydrogen-bond acceptors (Lipinski definition) is 2. The highest BCUT2D eigenvalue weighted by Crippen LogP contribution is 2.17. The van der Waals surface area contributed by atoms with Crippen molar-refractivity contribution in [1.82, 2.24) is 5.32 Å². The Kier molecular flexibility index (Phi) is 4.77. The van der Waals surface area contributed by atoms with Crippen LogP contribution < -0.4 is 11.1 Å². The fourth-order valence-corrected chi connectivity index (χ4v) is 2.20. The zero-order chi connectivity index (χ0) is 14.5. The number of benzene rings is 2. The maximum atomic E-state index is 11.1. The molecule has 2 aromatic rings. The van der Waals surface area contributed by atoms with Gasteiger partial charge in [0, 0.05) is 23.2 Å². The summed E-state index contributed by atoms with van der Waals surface area (Å²) in [6.07, 6.45) is 0. The van der Waals surface area contributed by atoms with Crippen LogP contribution in [0.2, 0.25) is 5.02 Å². The van der Waals surface area contributed by atoms with Gasteiger partial charge >= 0.3 is 0 Å². The number of hydrogen-bond donors (Lipinski definition) is 2. The van der Waals surface area contributed by atoms with Crippen molar-refractivity contribution in [2.75, 3.05) is 0 Å². The number of primary amides is 1. The summed E-state index contributed by atoms with van der Waals surface area (Å²) >= 11 is 5.98. The third-order valence-electron chi connectivity index (χ3n) is 3.17. The maximum Gasteiger partial charge on any atom is 0.248 e. The van der Waals surface area contributed by atoms with Crippen LogP contribution in [-0.2, 0) is 6.54 Å². The van der Waals surface area contributed by atoms with Gasteiger partial charge in [-0.3, -0.25) is 4.79 Å². The van der Waals surface area contributed by atoms with E-state index in [4.69, 9.17) is 17.3 Å². The number of carbonyl (C=O) groups is 1. The first-order chi connectivity index (χ1) is 9.56. The van der Waals surface area contributed by atoms with Crippen LogP contribution in [0.3, 0.4) is 0 Å². The van der Waals surface area contributed by atoms with Crippen molar-refractivity contribution in [3.8, 4) is 0 Å². The smallest absolute Gasteiger partial charge is 0.248 e. The molecule has 3 nitrogen and oxygen atoms in total. The lowest BCUT2D eigenvalue weighted by atomic mass is 10.1. The molecule has 1 atom stereocenters. The predicted molar refractivity (Wildman–Crippen MR) is 81.7 cm³/mol. The summed E-state index contributed by atoms with van der Waals surface area (Å²) in [5, 5.41) is 4.13. The summed E-state index contributed by atoms with van der Waals surface area (Å²) in [4.78, 5) is 11.1. The zero-order valence-electron chi connectivity index (χ0n) is 11.3. The molecule has 0 fully saturated rings. The molecule has 1 amide bonds. The Morgan fingerprint density at radius 2 is 2.00 bits per heavy atom. The molecule has 104 valence electrons. The van der Waals surface area contributed by atoms with Crippen LogP contribution in [0.1, 0.15) is 34.5 Å². The van der Waals surface area contributed by atoms with Crippen molar-refractivity contribution in [2.24, 2.45) is 5.73 Å². The van der Waals surface area contributed by atoms with Crippen molar-refractivity contribution in [2.45, 2.75) is 19.5 Å². The van der Waals surface area contributed by atoms with Gasteiger partial charge in [0.25, 0.3) is 0 Å². The van der Waals surface area contributed by atoms with Crippen molar-refractivity contribution in [1.29, 1.82) is 0 Å². The highest BCUT2D eigenvalue weighted by molar-refractivity contribution is 6.30. The summed E-state index contributed by atoms with van der Waals surface area (Å²) in [6.45, 7) is 2.73. The van der Waals surface area contributed by atoms with Crippen LogP contribution in [0.15, 0.2) is 48.5 Å². The second-order valence-electron chi connectivity index (χ2n) is 4.72. The van der Waals surface area contributed by atoms with E-state index in [1.165, 1.54) is 0 Å². The van der Waals surface area contributed by atoms with Gasteiger partial charge in [-0.2, -0.15) is 0 Å². The van der Waals surface area contributed by atoms with E-state index >= 15 is 0 Å². The minimum atomic E-state index is -0.408. The molecular formula is C16H17ClN2O. The highest BCUT2D eigenvalue weighted by atomic mass is 35.5. The summed E-state index contributed by atoms with van der Waals surface area (Å²) in [5.74, 6) is -0.408. The average Bonchev–Trinajstić information content (AvgIpc) is 2.45. The van der Waals surface area contributed by atoms with Gasteiger partial charge in [0.15, 0.2) is 0 Å². The Labute approximate surface area is 123 Å². The molecule has 4 heteroatoms. The van der Waals surface area contributed by atoms with Gasteiger partial charge in [0.1, 0.15) is 0 Å². The molecule has 20 heavy (non-hydrogen) atoms. The molecular weight excluding hydrogens is 272 g/mol. The first-order valence-electron chi connectivity index (χ1n) is 6.44. The first-order valence-corrected chi connectivity index (χ1v) is 6.81. The third-order valence-corrected chi connectivity index (χ3v) is 3.41. The molecule has 2 rings (SSSR count). The fraction of sp³-hybridized carbons (Fsp3) is 0.188. The van der Waals surface area contributed by atoms with E-state index in [-0.39, 0.29) is 6.04 Å². The molecule has 2 aromatic carbocycles. The molecule has 0 saturated heterocycles. The summed E-state index contributed by atoms with van der Waals surface area (Å²) in [6, 6.07) is 15.3. The predicted octanol–water partition coefficient (Wildman–Crippen LogP) is 3.29. The van der Waals surface area contributed by atoms with E-state index in [0.29, 0.717) is 12.1 Å². The second kappa shape index (κ2) is 6.55. The normalized spacial score (nSPS) is 12.1. The van der Waals surface area contributed by atoms with Gasteiger partial charge in [-0.25, -0.2) is 0 Å². The van der Waals surface area contributed by atoms with Crippen LogP contribution in [0.5, 0.6) is 0 Å². The fourth-order valence-electron chi connectivity index (χ4n) is 2.00. The average molecular weight is 289 g/mol. The lowest BCUT2D eigenvalue weighted by Gasteiger charge is -2.15. The van der Waals surface area contributed by atoms with Gasteiger partial charge in [-0.15, -0.1) is 0 Å². The van der Waals surface area contributed by atoms with Crippen LogP contribution in [0, 0.1) is 0 Å². The minimum absolute atomic E-state index is 0.172. The SMILES string of the molecule is C[C@H](NCc1cccc(C(N)=O)c1)c1cccc(Cl)c1. The van der Waals surface area contributed by atoms with Gasteiger partial charge < -0.3 is 11.1 Å². The standard InChI is InChI=1S/C16H17ClN2O/c1-11(13-5-3-7-15(17)9-13)19-10-12-4-2-6-14(8-12)16(18)20/h2-9,11,19H,10H2,1H3,(H2,18,20)/t11-/m0/s1. The lowest BCUT2D eigenvalue weighted by molar-refractivity contribution is 0.1000. The molecule has 0 aromatic heterocycles. The Morgan fingerprint density at radius 1 is 1.25 bits per heavy atom. The van der Waals surface area contributed by atoms with Gasteiger partial charge in [-0.05, 0) is 42.3 Å². The summed E-state index contributed by atoms with van der Waals surface area (Å²) < 4.78 is 0. The second-order valence-corrected chi connectivity index (χ2v) is 5.16. The minimum Gasteiger partial charge on any atom is -0.366 e. The maximum absolute atomic E-state index is 11.1. The van der Waals surface area contributed by atoms with E-state index in [1.54, 1.807) is 12.1 Å². The number of carbonyl (C=O) groups excluding carboxylic acids is 1. The molecule has 0 radical (unpaired) electrons.